The van der Waals surface area contributed by atoms with Gasteiger partial charge in [0.05, 0.1) is 16.6 Å². The molecule has 3 aromatic heterocycles. The number of aryl methyl sites for hydroxylation is 1. The van der Waals surface area contributed by atoms with Crippen LogP contribution >= 0.6 is 0 Å². The fourth-order valence-electron chi connectivity index (χ4n) is 5.47. The lowest BCUT2D eigenvalue weighted by Crippen LogP contribution is -2.07. The zero-order chi connectivity index (χ0) is 21.7. The molecule has 0 bridgehead atoms. The maximum absolute atomic E-state index is 4.46. The van der Waals surface area contributed by atoms with E-state index in [0.717, 1.165) is 18.5 Å². The van der Waals surface area contributed by atoms with Crippen molar-refractivity contribution in [3.63, 3.8) is 0 Å². The van der Waals surface area contributed by atoms with Crippen molar-refractivity contribution in [2.75, 3.05) is 0 Å². The van der Waals surface area contributed by atoms with Gasteiger partial charge in [-0.2, -0.15) is 0 Å². The van der Waals surface area contributed by atoms with Gasteiger partial charge in [-0.3, -0.25) is 4.98 Å². The number of benzene rings is 2. The summed E-state index contributed by atoms with van der Waals surface area (Å²) in [5, 5.41) is 3.80. The second-order valence-electron chi connectivity index (χ2n) is 8.42. The molecule has 0 unspecified atom stereocenters. The Hall–Kier alpha value is -3.85. The van der Waals surface area contributed by atoms with Crippen molar-refractivity contribution in [3.8, 4) is 5.69 Å². The summed E-state index contributed by atoms with van der Waals surface area (Å²) in [6.45, 7) is 8.04. The number of hydrogen-bond donors (Lipinski definition) is 0. The number of rotatable bonds is 4. The molecule has 0 saturated carbocycles. The van der Waals surface area contributed by atoms with Crippen LogP contribution in [0, 0.1) is 0 Å². The van der Waals surface area contributed by atoms with Crippen LogP contribution in [-0.4, -0.2) is 14.1 Å². The van der Waals surface area contributed by atoms with Gasteiger partial charge in [-0.05, 0) is 67.7 Å². The molecular formula is C29H25N3. The second kappa shape index (κ2) is 7.38. The predicted octanol–water partition coefficient (Wildman–Crippen LogP) is 7.23. The molecule has 5 aromatic rings. The van der Waals surface area contributed by atoms with Crippen molar-refractivity contribution in [1.82, 2.24) is 14.1 Å². The van der Waals surface area contributed by atoms with Gasteiger partial charge >= 0.3 is 0 Å². The molecular weight excluding hydrogens is 390 g/mol. The first kappa shape index (κ1) is 18.9. The second-order valence-corrected chi connectivity index (χ2v) is 8.42. The summed E-state index contributed by atoms with van der Waals surface area (Å²) in [6.07, 6.45) is 14.4. The Bertz CT molecular complexity index is 1540. The van der Waals surface area contributed by atoms with E-state index in [4.69, 9.17) is 0 Å². The minimum atomic E-state index is 1.08. The molecule has 0 spiro atoms. The predicted molar refractivity (Wildman–Crippen MR) is 135 cm³/mol. The summed E-state index contributed by atoms with van der Waals surface area (Å²) in [5.74, 6) is 0. The van der Waals surface area contributed by atoms with Crippen LogP contribution in [0.15, 0.2) is 92.3 Å². The Morgan fingerprint density at radius 1 is 0.906 bits per heavy atom. The van der Waals surface area contributed by atoms with Crippen molar-refractivity contribution in [2.45, 2.75) is 25.7 Å². The van der Waals surface area contributed by atoms with Crippen LogP contribution in [0.2, 0.25) is 0 Å². The number of fused-ring (bicyclic) bond motifs is 7. The lowest BCUT2D eigenvalue weighted by Gasteiger charge is -2.16. The molecule has 0 fully saturated rings. The SMILES string of the molecule is C=C/C=C(\C=C)n1c2c(c3c1ccc1c4cnccc4n(-c4ccccc4)c13)CCCC2. The van der Waals surface area contributed by atoms with Gasteiger partial charge in [-0.15, -0.1) is 0 Å². The van der Waals surface area contributed by atoms with E-state index in [9.17, 15) is 0 Å². The minimum Gasteiger partial charge on any atom is -0.313 e. The first-order valence-electron chi connectivity index (χ1n) is 11.3. The Labute approximate surface area is 187 Å². The lowest BCUT2D eigenvalue weighted by atomic mass is 9.94. The van der Waals surface area contributed by atoms with E-state index in [1.807, 2.05) is 24.5 Å². The minimum absolute atomic E-state index is 1.08. The zero-order valence-electron chi connectivity index (χ0n) is 18.1. The summed E-state index contributed by atoms with van der Waals surface area (Å²) >= 11 is 0. The largest absolute Gasteiger partial charge is 0.313 e. The molecule has 1 aliphatic rings. The highest BCUT2D eigenvalue weighted by Crippen LogP contribution is 2.42. The van der Waals surface area contributed by atoms with Gasteiger partial charge in [0.25, 0.3) is 0 Å². The first-order chi connectivity index (χ1) is 15.8. The Balaban J connectivity index is 1.87. The quantitative estimate of drug-likeness (QED) is 0.284. The summed E-state index contributed by atoms with van der Waals surface area (Å²) in [6, 6.07) is 17.3. The molecule has 3 heterocycles. The molecule has 0 atom stereocenters. The maximum atomic E-state index is 4.46. The van der Waals surface area contributed by atoms with E-state index in [-0.39, 0.29) is 0 Å². The molecule has 0 radical (unpaired) electrons. The van der Waals surface area contributed by atoms with Crippen LogP contribution in [0.4, 0.5) is 0 Å². The highest BCUT2D eigenvalue weighted by atomic mass is 15.0. The maximum Gasteiger partial charge on any atom is 0.0638 e. The molecule has 0 N–H and O–H groups in total. The van der Waals surface area contributed by atoms with E-state index in [2.05, 4.69) is 81.9 Å². The highest BCUT2D eigenvalue weighted by Gasteiger charge is 2.25. The van der Waals surface area contributed by atoms with E-state index in [1.54, 1.807) is 0 Å². The van der Waals surface area contributed by atoms with E-state index in [1.165, 1.54) is 62.5 Å². The summed E-state index contributed by atoms with van der Waals surface area (Å²) in [4.78, 5) is 4.46. The van der Waals surface area contributed by atoms with Crippen LogP contribution in [0.3, 0.4) is 0 Å². The van der Waals surface area contributed by atoms with Gasteiger partial charge in [0.15, 0.2) is 0 Å². The van der Waals surface area contributed by atoms with Crippen LogP contribution in [0.1, 0.15) is 24.1 Å². The summed E-state index contributed by atoms with van der Waals surface area (Å²) < 4.78 is 4.82. The number of pyridine rings is 1. The van der Waals surface area contributed by atoms with Crippen LogP contribution < -0.4 is 0 Å². The van der Waals surface area contributed by atoms with E-state index >= 15 is 0 Å². The molecule has 156 valence electrons. The van der Waals surface area contributed by atoms with Crippen molar-refractivity contribution >= 4 is 38.4 Å². The Morgan fingerprint density at radius 3 is 2.56 bits per heavy atom. The highest BCUT2D eigenvalue weighted by molar-refractivity contribution is 6.19. The monoisotopic (exact) mass is 415 g/mol. The molecule has 6 rings (SSSR count). The number of aromatic nitrogens is 3. The van der Waals surface area contributed by atoms with Crippen molar-refractivity contribution in [3.05, 3.63) is 104 Å². The third-order valence-electron chi connectivity index (χ3n) is 6.73. The lowest BCUT2D eigenvalue weighted by molar-refractivity contribution is 0.669. The van der Waals surface area contributed by atoms with Gasteiger partial charge < -0.3 is 9.13 Å². The van der Waals surface area contributed by atoms with Gasteiger partial charge in [0.2, 0.25) is 0 Å². The van der Waals surface area contributed by atoms with Gasteiger partial charge in [-0.1, -0.05) is 43.5 Å². The van der Waals surface area contributed by atoms with Gasteiger partial charge in [0, 0.05) is 45.6 Å². The number of allylic oxidation sites excluding steroid dienone is 4. The normalized spacial score (nSPS) is 14.2. The molecule has 32 heavy (non-hydrogen) atoms. The Kier molecular flexibility index (Phi) is 4.36. The molecule has 3 heteroatoms. The molecule has 0 saturated heterocycles. The number of hydrogen-bond acceptors (Lipinski definition) is 1. The van der Waals surface area contributed by atoms with Crippen LogP contribution in [0.25, 0.3) is 44.1 Å². The summed E-state index contributed by atoms with van der Waals surface area (Å²) in [5.41, 5.74) is 8.85. The average Bonchev–Trinajstić information content (AvgIpc) is 3.36. The van der Waals surface area contributed by atoms with Crippen molar-refractivity contribution < 1.29 is 0 Å². The van der Waals surface area contributed by atoms with Gasteiger partial charge in [0.1, 0.15) is 0 Å². The number of para-hydroxylation sites is 1. The standard InChI is InChI=1S/C29H25N3/c1-3-10-20(4-2)31-25-14-9-8-13-23(25)28-27(31)16-15-22-24-19-30-18-17-26(24)32(29(22)28)21-11-6-5-7-12-21/h3-7,10-12,15-19H,1-2,8-9,13-14H2/b20-10+. The molecule has 0 amide bonds. The zero-order valence-corrected chi connectivity index (χ0v) is 18.1. The van der Waals surface area contributed by atoms with Gasteiger partial charge in [-0.25, -0.2) is 0 Å². The van der Waals surface area contributed by atoms with Crippen LogP contribution in [-0.2, 0) is 12.8 Å². The number of nitrogens with zero attached hydrogens (tertiary/aromatic N) is 3. The van der Waals surface area contributed by atoms with Crippen LogP contribution in [0.5, 0.6) is 0 Å². The van der Waals surface area contributed by atoms with Crippen molar-refractivity contribution in [1.29, 1.82) is 0 Å². The average molecular weight is 416 g/mol. The third-order valence-corrected chi connectivity index (χ3v) is 6.73. The van der Waals surface area contributed by atoms with Crippen molar-refractivity contribution in [2.24, 2.45) is 0 Å². The Morgan fingerprint density at radius 2 is 1.75 bits per heavy atom. The molecule has 2 aromatic carbocycles. The topological polar surface area (TPSA) is 22.8 Å². The van der Waals surface area contributed by atoms with E-state index in [0.29, 0.717) is 0 Å². The molecule has 0 aliphatic heterocycles. The molecule has 1 aliphatic carbocycles. The summed E-state index contributed by atoms with van der Waals surface area (Å²) in [7, 11) is 0. The third kappa shape index (κ3) is 2.57. The smallest absolute Gasteiger partial charge is 0.0638 e. The van der Waals surface area contributed by atoms with E-state index < -0.39 is 0 Å². The fourth-order valence-corrected chi connectivity index (χ4v) is 5.47. The molecule has 3 nitrogen and oxygen atoms in total. The fraction of sp³-hybridized carbons (Fsp3) is 0.138. The first-order valence-corrected chi connectivity index (χ1v) is 11.3.